The van der Waals surface area contributed by atoms with Crippen LogP contribution in [0.1, 0.15) is 89.0 Å². The van der Waals surface area contributed by atoms with Gasteiger partial charge in [-0.05, 0) is 59.3 Å². The predicted octanol–water partition coefficient (Wildman–Crippen LogP) is 4.06. The number of likely N-dealkylation sites (tertiary alicyclic amines) is 1. The third-order valence-corrected chi connectivity index (χ3v) is 13.9. The van der Waals surface area contributed by atoms with Crippen LogP contribution in [-0.4, -0.2) is 94.9 Å². The summed E-state index contributed by atoms with van der Waals surface area (Å²) in [5, 5.41) is 4.76. The van der Waals surface area contributed by atoms with E-state index in [0.29, 0.717) is 49.4 Å². The van der Waals surface area contributed by atoms with Crippen molar-refractivity contribution in [3.63, 3.8) is 0 Å². The van der Waals surface area contributed by atoms with Crippen molar-refractivity contribution in [2.75, 3.05) is 19.6 Å². The zero-order valence-electron chi connectivity index (χ0n) is 31.0. The number of fused-ring (bicyclic) bond motifs is 4. The molecule has 0 spiro atoms. The van der Waals surface area contributed by atoms with Gasteiger partial charge in [-0.1, -0.05) is 55.3 Å². The number of rotatable bonds is 7. The Morgan fingerprint density at radius 3 is 2.52 bits per heavy atom. The molecule has 15 heteroatoms. The van der Waals surface area contributed by atoms with Crippen molar-refractivity contribution in [3.8, 4) is 10.6 Å². The first-order valence-corrected chi connectivity index (χ1v) is 21.4. The van der Waals surface area contributed by atoms with E-state index in [2.05, 4.69) is 15.0 Å². The number of sulfonamides is 1. The fourth-order valence-corrected chi connectivity index (χ4v) is 10.4. The largest absolute Gasteiger partial charge is 0.460 e. The van der Waals surface area contributed by atoms with E-state index in [0.717, 1.165) is 18.4 Å². The van der Waals surface area contributed by atoms with Gasteiger partial charge in [-0.15, -0.1) is 11.3 Å². The summed E-state index contributed by atoms with van der Waals surface area (Å²) in [5.41, 5.74) is -1.04. The van der Waals surface area contributed by atoms with E-state index in [1.165, 1.54) is 16.2 Å². The topological polar surface area (TPSA) is 172 Å². The number of nitrogens with one attached hydrogen (secondary N) is 2. The van der Waals surface area contributed by atoms with E-state index in [4.69, 9.17) is 4.74 Å². The fraction of sp³-hybridized carbons (Fsp3) is 0.590. The molecule has 2 aliphatic carbocycles. The van der Waals surface area contributed by atoms with E-state index in [1.807, 2.05) is 42.5 Å². The SMILES string of the molecule is CC(C)(C)OC(=O)C[C@@H]1CCCCC/C=C\[C@@H]2C[C@@]2(C(=O)NS(=O)(=O)C2CC2)NC(=O)[C@@H]2[C@H]3CN(C(=O)c4csc(-c5ccccc5)n4)C[C@H]3CN2C1=O. The van der Waals surface area contributed by atoms with Gasteiger partial charge in [0.1, 0.15) is 27.9 Å². The second-order valence-electron chi connectivity index (χ2n) is 16.5. The zero-order valence-corrected chi connectivity index (χ0v) is 32.6. The highest BCUT2D eigenvalue weighted by Crippen LogP contribution is 2.47. The number of aromatic nitrogens is 1. The molecule has 2 saturated carbocycles. The number of carbonyl (C=O) groups is 5. The van der Waals surface area contributed by atoms with Crippen LogP contribution in [0.4, 0.5) is 0 Å². The molecule has 0 unspecified atom stereocenters. The van der Waals surface area contributed by atoms with Crippen molar-refractivity contribution in [1.82, 2.24) is 24.8 Å². The molecule has 0 radical (unpaired) electrons. The smallest absolute Gasteiger partial charge is 0.307 e. The van der Waals surface area contributed by atoms with Crippen molar-refractivity contribution in [1.29, 1.82) is 0 Å². The Morgan fingerprint density at radius 2 is 1.80 bits per heavy atom. The molecule has 1 aromatic heterocycles. The van der Waals surface area contributed by atoms with Gasteiger partial charge in [-0.3, -0.25) is 28.7 Å². The Kier molecular flexibility index (Phi) is 10.5. The molecule has 3 aliphatic heterocycles. The summed E-state index contributed by atoms with van der Waals surface area (Å²) < 4.78 is 33.6. The molecule has 4 heterocycles. The standard InChI is InChI=1S/C39H49N5O8S2/c1-38(2,3)52-31(45)18-25-14-8-5-4-6-11-15-27-19-39(27,37(49)42-54(50,51)28-16-17-28)41-33(46)32-29-22-43(20-26(29)21-44(32)35(25)47)36(48)30-23-53-34(40-30)24-12-9-7-10-13-24/h7,9-13,15,23,25-29,32H,4-6,8,14,16-22H2,1-3H3,(H,41,46)(H,42,49)/b15-11-/t25-,26-,27+,29-,32-,39+/m0/s1. The Balaban J connectivity index is 1.17. The maximum atomic E-state index is 14.6. The van der Waals surface area contributed by atoms with Crippen LogP contribution in [0.5, 0.6) is 0 Å². The Bertz CT molecular complexity index is 1940. The predicted molar refractivity (Wildman–Crippen MR) is 201 cm³/mol. The van der Waals surface area contributed by atoms with Crippen molar-refractivity contribution in [2.24, 2.45) is 23.7 Å². The number of nitrogens with zero attached hydrogens (tertiary/aromatic N) is 3. The maximum Gasteiger partial charge on any atom is 0.307 e. The highest BCUT2D eigenvalue weighted by atomic mass is 32.2. The molecule has 7 rings (SSSR count). The summed E-state index contributed by atoms with van der Waals surface area (Å²) in [4.78, 5) is 77.8. The van der Waals surface area contributed by atoms with E-state index >= 15 is 0 Å². The Morgan fingerprint density at radius 1 is 1.04 bits per heavy atom. The first kappa shape index (κ1) is 38.2. The van der Waals surface area contributed by atoms with E-state index < -0.39 is 68.0 Å². The third kappa shape index (κ3) is 8.12. The Labute approximate surface area is 320 Å². The highest BCUT2D eigenvalue weighted by Gasteiger charge is 2.63. The number of esters is 1. The Hall–Kier alpha value is -4.11. The summed E-state index contributed by atoms with van der Waals surface area (Å²) in [5.74, 6) is -4.33. The van der Waals surface area contributed by atoms with Crippen LogP contribution in [0.2, 0.25) is 0 Å². The van der Waals surface area contributed by atoms with Crippen LogP contribution >= 0.6 is 11.3 Å². The number of hydrogen-bond acceptors (Lipinski definition) is 10. The van der Waals surface area contributed by atoms with Crippen LogP contribution in [0.3, 0.4) is 0 Å². The normalized spacial score (nSPS) is 29.5. The summed E-state index contributed by atoms with van der Waals surface area (Å²) >= 11 is 1.37. The molecule has 4 fully saturated rings. The summed E-state index contributed by atoms with van der Waals surface area (Å²) in [6, 6.07) is 8.52. The minimum atomic E-state index is -3.89. The summed E-state index contributed by atoms with van der Waals surface area (Å²) in [7, 11) is -3.89. The van der Waals surface area contributed by atoms with Crippen LogP contribution < -0.4 is 10.0 Å². The monoisotopic (exact) mass is 779 g/mol. The number of allylic oxidation sites excluding steroid dienone is 1. The van der Waals surface area contributed by atoms with Crippen molar-refractivity contribution in [3.05, 3.63) is 53.6 Å². The molecule has 2 N–H and O–H groups in total. The molecular formula is C39H49N5O8S2. The first-order chi connectivity index (χ1) is 25.6. The van der Waals surface area contributed by atoms with Crippen molar-refractivity contribution < 1.29 is 37.1 Å². The number of thiazole rings is 1. The molecule has 4 amide bonds. The molecule has 0 bridgehead atoms. The van der Waals surface area contributed by atoms with E-state index in [9.17, 15) is 32.4 Å². The van der Waals surface area contributed by atoms with Gasteiger partial charge in [0.2, 0.25) is 21.8 Å². The molecule has 2 aromatic rings. The quantitative estimate of drug-likeness (QED) is 0.311. The fourth-order valence-electron chi connectivity index (χ4n) is 8.20. The molecule has 13 nitrogen and oxygen atoms in total. The highest BCUT2D eigenvalue weighted by molar-refractivity contribution is 7.91. The third-order valence-electron chi connectivity index (χ3n) is 11.2. The number of hydrogen-bond donors (Lipinski definition) is 2. The molecule has 5 aliphatic rings. The molecule has 290 valence electrons. The van der Waals surface area contributed by atoms with Crippen LogP contribution in [0.25, 0.3) is 10.6 Å². The van der Waals surface area contributed by atoms with Gasteiger partial charge in [-0.2, -0.15) is 0 Å². The number of benzene rings is 1. The van der Waals surface area contributed by atoms with Gasteiger partial charge in [0, 0.05) is 54.2 Å². The second-order valence-corrected chi connectivity index (χ2v) is 19.3. The zero-order chi connectivity index (χ0) is 38.4. The number of carbonyl (C=O) groups excluding carboxylic acids is 5. The lowest BCUT2D eigenvalue weighted by Crippen LogP contribution is -2.58. The molecule has 2 saturated heterocycles. The molecule has 1 aromatic carbocycles. The van der Waals surface area contributed by atoms with Gasteiger partial charge in [0.05, 0.1) is 11.7 Å². The van der Waals surface area contributed by atoms with Crippen LogP contribution in [-0.2, 0) is 33.9 Å². The van der Waals surface area contributed by atoms with Gasteiger partial charge < -0.3 is 19.9 Å². The lowest BCUT2D eigenvalue weighted by atomic mass is 9.92. The van der Waals surface area contributed by atoms with Crippen LogP contribution in [0, 0.1) is 23.7 Å². The minimum Gasteiger partial charge on any atom is -0.460 e. The van der Waals surface area contributed by atoms with Gasteiger partial charge >= 0.3 is 5.97 Å². The van der Waals surface area contributed by atoms with E-state index in [1.54, 1.807) is 31.1 Å². The lowest BCUT2D eigenvalue weighted by molar-refractivity contribution is -0.159. The first-order valence-electron chi connectivity index (χ1n) is 19.0. The summed E-state index contributed by atoms with van der Waals surface area (Å²) in [6.07, 6.45) is 8.34. The number of amides is 4. The molecule has 6 atom stereocenters. The molecule has 54 heavy (non-hydrogen) atoms. The van der Waals surface area contributed by atoms with Gasteiger partial charge in [0.15, 0.2) is 0 Å². The van der Waals surface area contributed by atoms with Gasteiger partial charge in [-0.25, -0.2) is 13.4 Å². The maximum absolute atomic E-state index is 14.6. The minimum absolute atomic E-state index is 0.137. The molecular weight excluding hydrogens is 731 g/mol. The average Bonchev–Trinajstić information content (AvgIpc) is 3.93. The lowest BCUT2D eigenvalue weighted by Gasteiger charge is -2.32. The van der Waals surface area contributed by atoms with E-state index in [-0.39, 0.29) is 43.7 Å². The summed E-state index contributed by atoms with van der Waals surface area (Å²) in [6.45, 7) is 5.97. The van der Waals surface area contributed by atoms with Crippen LogP contribution in [0.15, 0.2) is 47.9 Å². The average molecular weight is 780 g/mol. The second kappa shape index (κ2) is 14.9. The van der Waals surface area contributed by atoms with Crippen molar-refractivity contribution >= 4 is 51.0 Å². The van der Waals surface area contributed by atoms with Gasteiger partial charge in [0.25, 0.3) is 11.8 Å². The number of ether oxygens (including phenoxy) is 1. The van der Waals surface area contributed by atoms with Crippen molar-refractivity contribution in [2.45, 2.75) is 101 Å².